The van der Waals surface area contributed by atoms with Crippen molar-refractivity contribution in [3.8, 4) is 0 Å². The second-order valence-corrected chi connectivity index (χ2v) is 7.18. The molecule has 0 aromatic rings. The lowest BCUT2D eigenvalue weighted by Crippen LogP contribution is -2.47. The van der Waals surface area contributed by atoms with Crippen LogP contribution in [0.25, 0.3) is 0 Å². The van der Waals surface area contributed by atoms with Crippen molar-refractivity contribution >= 4 is 0 Å². The third-order valence-corrected chi connectivity index (χ3v) is 4.84. The smallest absolute Gasteiger partial charge is 0.0105 e. The molecule has 0 bridgehead atoms. The van der Waals surface area contributed by atoms with Gasteiger partial charge in [-0.2, -0.15) is 0 Å². The molecule has 0 aliphatic heterocycles. The summed E-state index contributed by atoms with van der Waals surface area (Å²) in [5.41, 5.74) is 0. The molecule has 3 unspecified atom stereocenters. The van der Waals surface area contributed by atoms with E-state index in [0.717, 1.165) is 23.8 Å². The largest absolute Gasteiger partial charge is 0.317 e. The summed E-state index contributed by atoms with van der Waals surface area (Å²) < 4.78 is 0. The minimum absolute atomic E-state index is 0.668. The van der Waals surface area contributed by atoms with Crippen LogP contribution >= 0.6 is 0 Å². The zero-order valence-corrected chi connectivity index (χ0v) is 14.1. The molecule has 0 saturated heterocycles. The van der Waals surface area contributed by atoms with Crippen LogP contribution in [0.3, 0.4) is 0 Å². The topological polar surface area (TPSA) is 15.3 Å². The van der Waals surface area contributed by atoms with Crippen LogP contribution in [0, 0.1) is 17.8 Å². The molecule has 114 valence electrons. The fourth-order valence-electron chi connectivity index (χ4n) is 3.58. The highest BCUT2D eigenvalue weighted by Crippen LogP contribution is 2.32. The molecule has 1 N–H and O–H groups in total. The second kappa shape index (κ2) is 8.26. The van der Waals surface area contributed by atoms with Crippen molar-refractivity contribution in [3.63, 3.8) is 0 Å². The van der Waals surface area contributed by atoms with Crippen LogP contribution in [-0.2, 0) is 0 Å². The van der Waals surface area contributed by atoms with Gasteiger partial charge in [0.05, 0.1) is 0 Å². The SMILES string of the molecule is CCC1CCC(NC)C(CN(CC(C)C)C(C)C)C1. The van der Waals surface area contributed by atoms with Crippen molar-refractivity contribution in [2.45, 2.75) is 72.4 Å². The van der Waals surface area contributed by atoms with Crippen LogP contribution in [0.5, 0.6) is 0 Å². The summed E-state index contributed by atoms with van der Waals surface area (Å²) in [6.45, 7) is 14.2. The van der Waals surface area contributed by atoms with Crippen LogP contribution in [0.2, 0.25) is 0 Å². The van der Waals surface area contributed by atoms with Gasteiger partial charge in [-0.25, -0.2) is 0 Å². The first-order valence-corrected chi connectivity index (χ1v) is 8.39. The van der Waals surface area contributed by atoms with Gasteiger partial charge < -0.3 is 10.2 Å². The molecule has 0 aromatic carbocycles. The third-order valence-electron chi connectivity index (χ3n) is 4.84. The number of hydrogen-bond acceptors (Lipinski definition) is 2. The predicted molar refractivity (Wildman–Crippen MR) is 85.5 cm³/mol. The van der Waals surface area contributed by atoms with Crippen molar-refractivity contribution in [2.24, 2.45) is 17.8 Å². The van der Waals surface area contributed by atoms with Crippen molar-refractivity contribution in [1.29, 1.82) is 0 Å². The number of rotatable bonds is 7. The van der Waals surface area contributed by atoms with E-state index in [9.17, 15) is 0 Å². The Morgan fingerprint density at radius 3 is 2.32 bits per heavy atom. The summed E-state index contributed by atoms with van der Waals surface area (Å²) in [4.78, 5) is 2.69. The van der Waals surface area contributed by atoms with Gasteiger partial charge in [-0.1, -0.05) is 27.2 Å². The number of hydrogen-bond donors (Lipinski definition) is 1. The molecule has 1 fully saturated rings. The van der Waals surface area contributed by atoms with Crippen molar-refractivity contribution in [2.75, 3.05) is 20.1 Å². The molecule has 0 spiro atoms. The standard InChI is InChI=1S/C17H36N2/c1-7-15-8-9-17(18-6)16(10-15)12-19(14(4)5)11-13(2)3/h13-18H,7-12H2,1-6H3. The van der Waals surface area contributed by atoms with Crippen LogP contribution < -0.4 is 5.32 Å². The Bertz CT molecular complexity index is 237. The highest BCUT2D eigenvalue weighted by atomic mass is 15.2. The number of nitrogens with zero attached hydrogens (tertiary/aromatic N) is 1. The predicted octanol–water partition coefficient (Wildman–Crippen LogP) is 3.77. The molecule has 1 aliphatic carbocycles. The first-order valence-electron chi connectivity index (χ1n) is 8.39. The van der Waals surface area contributed by atoms with Crippen molar-refractivity contribution < 1.29 is 0 Å². The Morgan fingerprint density at radius 2 is 1.84 bits per heavy atom. The van der Waals surface area contributed by atoms with Crippen LogP contribution in [0.4, 0.5) is 0 Å². The maximum Gasteiger partial charge on any atom is 0.0105 e. The third kappa shape index (κ3) is 5.43. The molecule has 0 radical (unpaired) electrons. The molecular weight excluding hydrogens is 232 g/mol. The lowest BCUT2D eigenvalue weighted by Gasteiger charge is -2.40. The van der Waals surface area contributed by atoms with E-state index >= 15 is 0 Å². The first-order chi connectivity index (χ1) is 8.97. The van der Waals surface area contributed by atoms with Gasteiger partial charge in [0.15, 0.2) is 0 Å². The minimum atomic E-state index is 0.668. The van der Waals surface area contributed by atoms with Gasteiger partial charge >= 0.3 is 0 Å². The molecular formula is C17H36N2. The fraction of sp³-hybridized carbons (Fsp3) is 1.00. The molecule has 2 heteroatoms. The van der Waals surface area contributed by atoms with E-state index in [4.69, 9.17) is 0 Å². The summed E-state index contributed by atoms with van der Waals surface area (Å²) in [6.07, 6.45) is 5.57. The van der Waals surface area contributed by atoms with E-state index in [1.54, 1.807) is 0 Å². The van der Waals surface area contributed by atoms with E-state index in [1.165, 1.54) is 38.8 Å². The van der Waals surface area contributed by atoms with Crippen LogP contribution in [0.15, 0.2) is 0 Å². The zero-order valence-electron chi connectivity index (χ0n) is 14.1. The molecule has 2 nitrogen and oxygen atoms in total. The van der Waals surface area contributed by atoms with Crippen LogP contribution in [-0.4, -0.2) is 37.1 Å². The summed E-state index contributed by atoms with van der Waals surface area (Å²) >= 11 is 0. The van der Waals surface area contributed by atoms with E-state index < -0.39 is 0 Å². The van der Waals surface area contributed by atoms with E-state index in [-0.39, 0.29) is 0 Å². The van der Waals surface area contributed by atoms with Crippen molar-refractivity contribution in [1.82, 2.24) is 10.2 Å². The second-order valence-electron chi connectivity index (χ2n) is 7.18. The van der Waals surface area contributed by atoms with Gasteiger partial charge in [-0.15, -0.1) is 0 Å². The van der Waals surface area contributed by atoms with Gasteiger partial charge in [0, 0.05) is 25.2 Å². The molecule has 3 atom stereocenters. The lowest BCUT2D eigenvalue weighted by atomic mass is 9.76. The molecule has 0 heterocycles. The van der Waals surface area contributed by atoms with E-state index in [0.29, 0.717) is 6.04 Å². The summed E-state index contributed by atoms with van der Waals surface area (Å²) in [5, 5.41) is 3.57. The minimum Gasteiger partial charge on any atom is -0.317 e. The van der Waals surface area contributed by atoms with Gasteiger partial charge in [-0.05, 0) is 57.9 Å². The Hall–Kier alpha value is -0.0800. The first kappa shape index (κ1) is 17.0. The fourth-order valence-corrected chi connectivity index (χ4v) is 3.58. The normalized spacial score (nSPS) is 28.6. The quantitative estimate of drug-likeness (QED) is 0.756. The van der Waals surface area contributed by atoms with Gasteiger partial charge in [0.2, 0.25) is 0 Å². The van der Waals surface area contributed by atoms with E-state index in [1.807, 2.05) is 0 Å². The Kier molecular flexibility index (Phi) is 7.38. The Labute approximate surface area is 121 Å². The molecule has 0 amide bonds. The van der Waals surface area contributed by atoms with Crippen molar-refractivity contribution in [3.05, 3.63) is 0 Å². The summed E-state index contributed by atoms with van der Waals surface area (Å²) in [7, 11) is 2.14. The molecule has 1 rings (SSSR count). The monoisotopic (exact) mass is 268 g/mol. The Morgan fingerprint density at radius 1 is 1.16 bits per heavy atom. The molecule has 19 heavy (non-hydrogen) atoms. The van der Waals surface area contributed by atoms with Gasteiger partial charge in [-0.3, -0.25) is 0 Å². The van der Waals surface area contributed by atoms with E-state index in [2.05, 4.69) is 51.9 Å². The maximum atomic E-state index is 3.57. The summed E-state index contributed by atoms with van der Waals surface area (Å²) in [6, 6.07) is 1.40. The maximum absolute atomic E-state index is 3.57. The average Bonchev–Trinajstić information content (AvgIpc) is 2.37. The Balaban J connectivity index is 2.62. The molecule has 1 saturated carbocycles. The lowest BCUT2D eigenvalue weighted by molar-refractivity contribution is 0.112. The highest BCUT2D eigenvalue weighted by molar-refractivity contribution is 4.86. The van der Waals surface area contributed by atoms with Crippen LogP contribution in [0.1, 0.15) is 60.3 Å². The summed E-state index contributed by atoms with van der Waals surface area (Å²) in [5.74, 6) is 2.56. The molecule has 0 aromatic heterocycles. The average molecular weight is 268 g/mol. The number of nitrogens with one attached hydrogen (secondary N) is 1. The molecule has 1 aliphatic rings. The van der Waals surface area contributed by atoms with Gasteiger partial charge in [0.25, 0.3) is 0 Å². The highest BCUT2D eigenvalue weighted by Gasteiger charge is 2.30. The zero-order chi connectivity index (χ0) is 14.4. The van der Waals surface area contributed by atoms with Gasteiger partial charge in [0.1, 0.15) is 0 Å².